The third-order valence-corrected chi connectivity index (χ3v) is 3.45. The molecule has 0 bridgehead atoms. The second kappa shape index (κ2) is 4.08. The van der Waals surface area contributed by atoms with Gasteiger partial charge in [0.25, 0.3) is 0 Å². The van der Waals surface area contributed by atoms with E-state index in [0.29, 0.717) is 11.3 Å². The van der Waals surface area contributed by atoms with Gasteiger partial charge in [-0.25, -0.2) is 0 Å². The van der Waals surface area contributed by atoms with Gasteiger partial charge in [-0.05, 0) is 6.07 Å². The van der Waals surface area contributed by atoms with Crippen molar-refractivity contribution < 1.29 is 10.2 Å². The Kier molecular flexibility index (Phi) is 2.54. The molecule has 0 fully saturated rings. The molecule has 0 saturated carbocycles. The summed E-state index contributed by atoms with van der Waals surface area (Å²) in [7, 11) is 1.98. The highest BCUT2D eigenvalue weighted by Crippen LogP contribution is 2.31. The molecule has 3 rings (SSSR count). The number of pyridine rings is 1. The number of rotatable bonds is 2. The number of para-hydroxylation sites is 1. The number of aliphatic hydroxyl groups excluding tert-OH is 2. The van der Waals surface area contributed by atoms with E-state index in [2.05, 4.69) is 9.55 Å². The van der Waals surface area contributed by atoms with Crippen LogP contribution in [0.15, 0.2) is 30.5 Å². The Balaban J connectivity index is 2.57. The SMILES string of the molecule is Cn1c2ccccc2c2c(CO)c(CO)ncc21. The van der Waals surface area contributed by atoms with Crippen LogP contribution in [0.3, 0.4) is 0 Å². The number of benzene rings is 1. The van der Waals surface area contributed by atoms with E-state index in [1.807, 2.05) is 31.3 Å². The number of hydrogen-bond acceptors (Lipinski definition) is 3. The van der Waals surface area contributed by atoms with Crippen LogP contribution >= 0.6 is 0 Å². The van der Waals surface area contributed by atoms with Crippen LogP contribution in [0.4, 0.5) is 0 Å². The Bertz CT molecular complexity index is 731. The molecule has 92 valence electrons. The summed E-state index contributed by atoms with van der Waals surface area (Å²) in [6.07, 6.45) is 1.75. The molecule has 4 heteroatoms. The molecule has 1 aromatic carbocycles. The molecule has 0 radical (unpaired) electrons. The summed E-state index contributed by atoms with van der Waals surface area (Å²) in [6.45, 7) is -0.275. The molecule has 0 unspecified atom stereocenters. The largest absolute Gasteiger partial charge is 0.392 e. The molecule has 0 amide bonds. The smallest absolute Gasteiger partial charge is 0.0856 e. The van der Waals surface area contributed by atoms with Gasteiger partial charge in [0.1, 0.15) is 0 Å². The van der Waals surface area contributed by atoms with Crippen molar-refractivity contribution in [3.63, 3.8) is 0 Å². The van der Waals surface area contributed by atoms with E-state index in [1.54, 1.807) is 6.20 Å². The van der Waals surface area contributed by atoms with Gasteiger partial charge in [0.2, 0.25) is 0 Å². The van der Waals surface area contributed by atoms with Crippen LogP contribution in [0.5, 0.6) is 0 Å². The highest BCUT2D eigenvalue weighted by atomic mass is 16.3. The van der Waals surface area contributed by atoms with Crippen molar-refractivity contribution >= 4 is 21.8 Å². The molecule has 2 N–H and O–H groups in total. The van der Waals surface area contributed by atoms with Crippen LogP contribution in [0.25, 0.3) is 21.8 Å². The Morgan fingerprint density at radius 3 is 2.61 bits per heavy atom. The summed E-state index contributed by atoms with van der Waals surface area (Å²) in [5.41, 5.74) is 3.32. The quantitative estimate of drug-likeness (QED) is 0.719. The van der Waals surface area contributed by atoms with Gasteiger partial charge in [0.05, 0.1) is 30.6 Å². The molecular formula is C14H14N2O2. The minimum Gasteiger partial charge on any atom is -0.392 e. The topological polar surface area (TPSA) is 58.3 Å². The minimum absolute atomic E-state index is 0.117. The zero-order valence-electron chi connectivity index (χ0n) is 10.1. The molecule has 0 saturated heterocycles. The summed E-state index contributed by atoms with van der Waals surface area (Å²) in [5.74, 6) is 0. The lowest BCUT2D eigenvalue weighted by Gasteiger charge is -2.06. The Morgan fingerprint density at radius 1 is 1.11 bits per heavy atom. The van der Waals surface area contributed by atoms with E-state index in [-0.39, 0.29) is 13.2 Å². The molecule has 2 heterocycles. The van der Waals surface area contributed by atoms with Gasteiger partial charge in [-0.3, -0.25) is 4.98 Å². The van der Waals surface area contributed by atoms with Crippen molar-refractivity contribution in [2.75, 3.05) is 0 Å². The van der Waals surface area contributed by atoms with Crippen LogP contribution in [0.2, 0.25) is 0 Å². The van der Waals surface area contributed by atoms with E-state index in [1.165, 1.54) is 0 Å². The monoisotopic (exact) mass is 242 g/mol. The molecule has 0 atom stereocenters. The van der Waals surface area contributed by atoms with E-state index in [9.17, 15) is 10.2 Å². The molecule has 4 nitrogen and oxygen atoms in total. The molecular weight excluding hydrogens is 228 g/mol. The second-order valence-electron chi connectivity index (χ2n) is 4.34. The van der Waals surface area contributed by atoms with Crippen molar-refractivity contribution in [1.29, 1.82) is 0 Å². The molecule has 0 spiro atoms. The van der Waals surface area contributed by atoms with Gasteiger partial charge in [-0.2, -0.15) is 0 Å². The maximum Gasteiger partial charge on any atom is 0.0856 e. The van der Waals surface area contributed by atoms with Gasteiger partial charge in [-0.15, -0.1) is 0 Å². The Morgan fingerprint density at radius 2 is 1.89 bits per heavy atom. The van der Waals surface area contributed by atoms with Gasteiger partial charge in [0, 0.05) is 28.9 Å². The average molecular weight is 242 g/mol. The zero-order valence-corrected chi connectivity index (χ0v) is 10.1. The molecule has 0 aliphatic heterocycles. The first-order valence-electron chi connectivity index (χ1n) is 5.83. The van der Waals surface area contributed by atoms with Crippen LogP contribution in [-0.4, -0.2) is 19.8 Å². The molecule has 3 aromatic rings. The van der Waals surface area contributed by atoms with Crippen LogP contribution in [-0.2, 0) is 20.3 Å². The van der Waals surface area contributed by atoms with Gasteiger partial charge >= 0.3 is 0 Å². The third-order valence-electron chi connectivity index (χ3n) is 3.45. The highest BCUT2D eigenvalue weighted by Gasteiger charge is 2.14. The fraction of sp³-hybridized carbons (Fsp3) is 0.214. The summed E-state index contributed by atoms with van der Waals surface area (Å²) in [5, 5.41) is 20.9. The minimum atomic E-state index is -0.158. The number of hydrogen-bond donors (Lipinski definition) is 2. The lowest BCUT2D eigenvalue weighted by molar-refractivity contribution is 0.257. The standard InChI is InChI=1S/C14H14N2O2/c1-16-12-5-3-2-4-9(12)14-10(7-17)11(8-18)15-6-13(14)16/h2-6,17-18H,7-8H2,1H3. The predicted octanol–water partition coefficient (Wildman–Crippen LogP) is 1.71. The zero-order chi connectivity index (χ0) is 12.7. The highest BCUT2D eigenvalue weighted by molar-refractivity contribution is 6.09. The first-order chi connectivity index (χ1) is 8.77. The second-order valence-corrected chi connectivity index (χ2v) is 4.34. The lowest BCUT2D eigenvalue weighted by atomic mass is 10.1. The molecule has 0 aliphatic rings. The van der Waals surface area contributed by atoms with Crippen molar-refractivity contribution in [2.24, 2.45) is 7.05 Å². The summed E-state index contributed by atoms with van der Waals surface area (Å²) >= 11 is 0. The van der Waals surface area contributed by atoms with Crippen molar-refractivity contribution in [2.45, 2.75) is 13.2 Å². The van der Waals surface area contributed by atoms with Crippen molar-refractivity contribution in [3.05, 3.63) is 41.7 Å². The van der Waals surface area contributed by atoms with Gasteiger partial charge in [0.15, 0.2) is 0 Å². The first kappa shape index (κ1) is 11.2. The van der Waals surface area contributed by atoms with E-state index >= 15 is 0 Å². The number of aryl methyl sites for hydroxylation is 1. The van der Waals surface area contributed by atoms with Crippen molar-refractivity contribution in [1.82, 2.24) is 9.55 Å². The van der Waals surface area contributed by atoms with E-state index < -0.39 is 0 Å². The fourth-order valence-electron chi connectivity index (χ4n) is 2.55. The van der Waals surface area contributed by atoms with E-state index in [0.717, 1.165) is 21.8 Å². The van der Waals surface area contributed by atoms with Crippen LogP contribution < -0.4 is 0 Å². The van der Waals surface area contributed by atoms with Crippen molar-refractivity contribution in [3.8, 4) is 0 Å². The van der Waals surface area contributed by atoms with Crippen LogP contribution in [0, 0.1) is 0 Å². The Hall–Kier alpha value is -1.91. The predicted molar refractivity (Wildman–Crippen MR) is 70.1 cm³/mol. The summed E-state index contributed by atoms with van der Waals surface area (Å²) in [6, 6.07) is 8.02. The number of fused-ring (bicyclic) bond motifs is 3. The molecule has 0 aliphatic carbocycles. The van der Waals surface area contributed by atoms with Gasteiger partial charge in [-0.1, -0.05) is 18.2 Å². The number of aromatic nitrogens is 2. The molecule has 2 aromatic heterocycles. The van der Waals surface area contributed by atoms with E-state index in [4.69, 9.17) is 0 Å². The first-order valence-corrected chi connectivity index (χ1v) is 5.83. The third kappa shape index (κ3) is 1.36. The maximum atomic E-state index is 9.56. The Labute approximate surface area is 104 Å². The normalized spacial score (nSPS) is 11.5. The summed E-state index contributed by atoms with van der Waals surface area (Å²) in [4.78, 5) is 4.22. The summed E-state index contributed by atoms with van der Waals surface area (Å²) < 4.78 is 2.05. The van der Waals surface area contributed by atoms with Gasteiger partial charge < -0.3 is 14.8 Å². The average Bonchev–Trinajstić information content (AvgIpc) is 2.72. The maximum absolute atomic E-state index is 9.56. The van der Waals surface area contributed by atoms with Crippen LogP contribution in [0.1, 0.15) is 11.3 Å². The number of aliphatic hydroxyl groups is 2. The lowest BCUT2D eigenvalue weighted by Crippen LogP contribution is -1.99. The molecule has 18 heavy (non-hydrogen) atoms. The fourth-order valence-corrected chi connectivity index (χ4v) is 2.55. The number of nitrogens with zero attached hydrogens (tertiary/aromatic N) is 2.